The lowest BCUT2D eigenvalue weighted by Gasteiger charge is -2.17. The van der Waals surface area contributed by atoms with Crippen LogP contribution in [0.25, 0.3) is 0 Å². The molecule has 0 radical (unpaired) electrons. The van der Waals surface area contributed by atoms with Crippen molar-refractivity contribution in [2.75, 3.05) is 37.7 Å². The first-order valence-corrected chi connectivity index (χ1v) is 7.13. The number of rotatable bonds is 7. The summed E-state index contributed by atoms with van der Waals surface area (Å²) in [6.45, 7) is 1.30. The van der Waals surface area contributed by atoms with Gasteiger partial charge in [0.25, 0.3) is 0 Å². The van der Waals surface area contributed by atoms with E-state index in [-0.39, 0.29) is 24.2 Å². The fourth-order valence-electron chi connectivity index (χ4n) is 1.71. The van der Waals surface area contributed by atoms with E-state index in [9.17, 15) is 13.2 Å². The maximum absolute atomic E-state index is 11.2. The number of hydrogen-bond acceptors (Lipinski definition) is 5. The molecule has 1 atom stereocenters. The van der Waals surface area contributed by atoms with Gasteiger partial charge in [-0.25, -0.2) is 8.42 Å². The maximum Gasteiger partial charge on any atom is 0.209 e. The predicted octanol–water partition coefficient (Wildman–Crippen LogP) is -1.79. The van der Waals surface area contributed by atoms with Crippen molar-refractivity contribution in [1.82, 2.24) is 10.2 Å². The Balaban J connectivity index is 2.18. The van der Waals surface area contributed by atoms with Crippen LogP contribution in [-0.2, 0) is 14.6 Å². The van der Waals surface area contributed by atoms with Gasteiger partial charge in [-0.1, -0.05) is 0 Å². The van der Waals surface area contributed by atoms with E-state index in [1.165, 1.54) is 4.90 Å². The third-order valence-corrected chi connectivity index (χ3v) is 4.37. The van der Waals surface area contributed by atoms with Gasteiger partial charge in [0.1, 0.15) is 0 Å². The molecule has 0 aliphatic carbocycles. The Kier molecular flexibility index (Phi) is 5.17. The van der Waals surface area contributed by atoms with Crippen LogP contribution in [0.3, 0.4) is 0 Å². The minimum absolute atomic E-state index is 0.00706. The molecule has 1 amide bonds. The molecule has 16 heavy (non-hydrogen) atoms. The molecule has 0 unspecified atom stereocenters. The number of aliphatic hydroxyl groups is 1. The zero-order valence-electron chi connectivity index (χ0n) is 9.13. The van der Waals surface area contributed by atoms with E-state index in [4.69, 9.17) is 5.11 Å². The molecule has 0 spiro atoms. The zero-order valence-corrected chi connectivity index (χ0v) is 9.95. The van der Waals surface area contributed by atoms with Crippen molar-refractivity contribution in [1.29, 1.82) is 0 Å². The fraction of sp³-hybridized carbons (Fsp3) is 0.889. The molecule has 1 aliphatic rings. The Morgan fingerprint density at radius 1 is 1.44 bits per heavy atom. The summed E-state index contributed by atoms with van der Waals surface area (Å²) in [5.41, 5.74) is 0. The number of sulfone groups is 1. The monoisotopic (exact) mass is 250 g/mol. The lowest BCUT2D eigenvalue weighted by atomic mass is 10.2. The summed E-state index contributed by atoms with van der Waals surface area (Å²) in [6, 6.07) is 0.00706. The van der Waals surface area contributed by atoms with Crippen LogP contribution in [0, 0.1) is 0 Å². The molecule has 1 saturated heterocycles. The molecule has 94 valence electrons. The zero-order chi connectivity index (χ0) is 12.0. The molecular formula is C9H18N2O4S. The molecule has 6 nitrogen and oxygen atoms in total. The molecule has 0 saturated carbocycles. The highest BCUT2D eigenvalue weighted by molar-refractivity contribution is 7.91. The minimum atomic E-state index is -2.85. The lowest BCUT2D eigenvalue weighted by Crippen LogP contribution is -2.38. The third kappa shape index (κ3) is 4.46. The highest BCUT2D eigenvalue weighted by atomic mass is 32.2. The average Bonchev–Trinajstić information content (AvgIpc) is 2.57. The van der Waals surface area contributed by atoms with E-state index in [1.54, 1.807) is 0 Å². The normalized spacial score (nSPS) is 23.2. The van der Waals surface area contributed by atoms with Crippen LogP contribution < -0.4 is 5.32 Å². The first kappa shape index (κ1) is 13.4. The van der Waals surface area contributed by atoms with Crippen molar-refractivity contribution in [2.24, 2.45) is 0 Å². The summed E-state index contributed by atoms with van der Waals surface area (Å²) < 4.78 is 22.3. The van der Waals surface area contributed by atoms with Crippen LogP contribution >= 0.6 is 0 Å². The molecule has 7 heteroatoms. The Hall–Kier alpha value is -0.660. The van der Waals surface area contributed by atoms with Crippen molar-refractivity contribution >= 4 is 16.2 Å². The summed E-state index contributed by atoms with van der Waals surface area (Å²) in [6.07, 6.45) is 1.33. The van der Waals surface area contributed by atoms with Crippen molar-refractivity contribution in [2.45, 2.75) is 12.5 Å². The van der Waals surface area contributed by atoms with Gasteiger partial charge in [-0.15, -0.1) is 0 Å². The molecule has 1 heterocycles. The number of carbonyl (C=O) groups excluding carboxylic acids is 1. The summed E-state index contributed by atoms with van der Waals surface area (Å²) in [7, 11) is -2.85. The molecule has 0 aromatic heterocycles. The Labute approximate surface area is 95.5 Å². The van der Waals surface area contributed by atoms with Crippen molar-refractivity contribution in [3.05, 3.63) is 0 Å². The SMILES string of the molecule is O=CN(CCO)CCN[C@@H]1CCS(=O)(=O)C1. The second kappa shape index (κ2) is 6.17. The number of nitrogens with one attached hydrogen (secondary N) is 1. The average molecular weight is 250 g/mol. The van der Waals surface area contributed by atoms with E-state index in [0.29, 0.717) is 32.5 Å². The van der Waals surface area contributed by atoms with Gasteiger partial charge < -0.3 is 15.3 Å². The highest BCUT2D eigenvalue weighted by Crippen LogP contribution is 2.10. The van der Waals surface area contributed by atoms with Gasteiger partial charge in [0.05, 0.1) is 18.1 Å². The van der Waals surface area contributed by atoms with Gasteiger partial charge in [0.15, 0.2) is 9.84 Å². The molecule has 0 bridgehead atoms. The summed E-state index contributed by atoms with van der Waals surface area (Å²) in [4.78, 5) is 12.0. The lowest BCUT2D eigenvalue weighted by molar-refractivity contribution is -0.118. The van der Waals surface area contributed by atoms with Crippen molar-refractivity contribution in [3.8, 4) is 0 Å². The van der Waals surface area contributed by atoms with Gasteiger partial charge in [0.2, 0.25) is 6.41 Å². The van der Waals surface area contributed by atoms with E-state index < -0.39 is 9.84 Å². The predicted molar refractivity (Wildman–Crippen MR) is 59.8 cm³/mol. The molecule has 1 aliphatic heterocycles. The number of hydrogen-bond donors (Lipinski definition) is 2. The highest BCUT2D eigenvalue weighted by Gasteiger charge is 2.27. The number of carbonyl (C=O) groups is 1. The fourth-order valence-corrected chi connectivity index (χ4v) is 3.42. The topological polar surface area (TPSA) is 86.7 Å². The molecular weight excluding hydrogens is 232 g/mol. The van der Waals surface area contributed by atoms with Gasteiger partial charge in [-0.3, -0.25) is 4.79 Å². The van der Waals surface area contributed by atoms with E-state index in [2.05, 4.69) is 5.32 Å². The summed E-state index contributed by atoms with van der Waals surface area (Å²) >= 11 is 0. The largest absolute Gasteiger partial charge is 0.395 e. The van der Waals surface area contributed by atoms with Crippen molar-refractivity contribution < 1.29 is 18.3 Å². The first-order valence-electron chi connectivity index (χ1n) is 5.31. The summed E-state index contributed by atoms with van der Waals surface area (Å²) in [5.74, 6) is 0.437. The third-order valence-electron chi connectivity index (χ3n) is 2.60. The van der Waals surface area contributed by atoms with Gasteiger partial charge >= 0.3 is 0 Å². The molecule has 1 fully saturated rings. The number of nitrogens with zero attached hydrogens (tertiary/aromatic N) is 1. The van der Waals surface area contributed by atoms with Gasteiger partial charge in [-0.2, -0.15) is 0 Å². The smallest absolute Gasteiger partial charge is 0.209 e. The van der Waals surface area contributed by atoms with Crippen LogP contribution in [0.5, 0.6) is 0 Å². The van der Waals surface area contributed by atoms with Gasteiger partial charge in [0, 0.05) is 25.7 Å². The van der Waals surface area contributed by atoms with Crippen LogP contribution in [0.15, 0.2) is 0 Å². The molecule has 1 rings (SSSR count). The van der Waals surface area contributed by atoms with E-state index in [0.717, 1.165) is 0 Å². The molecule has 0 aromatic carbocycles. The van der Waals surface area contributed by atoms with E-state index >= 15 is 0 Å². The Morgan fingerprint density at radius 3 is 2.69 bits per heavy atom. The minimum Gasteiger partial charge on any atom is -0.395 e. The summed E-state index contributed by atoms with van der Waals surface area (Å²) in [5, 5.41) is 11.7. The molecule has 2 N–H and O–H groups in total. The quantitative estimate of drug-likeness (QED) is 0.521. The Bertz CT molecular complexity index is 317. The second-order valence-corrected chi connectivity index (χ2v) is 6.15. The maximum atomic E-state index is 11.2. The van der Waals surface area contributed by atoms with E-state index in [1.807, 2.05) is 0 Å². The van der Waals surface area contributed by atoms with Crippen LogP contribution in [0.2, 0.25) is 0 Å². The number of amides is 1. The van der Waals surface area contributed by atoms with Crippen LogP contribution in [-0.4, -0.2) is 68.6 Å². The second-order valence-electron chi connectivity index (χ2n) is 3.92. The number of aliphatic hydroxyl groups excluding tert-OH is 1. The Morgan fingerprint density at radius 2 is 2.19 bits per heavy atom. The van der Waals surface area contributed by atoms with Gasteiger partial charge in [-0.05, 0) is 6.42 Å². The van der Waals surface area contributed by atoms with Crippen LogP contribution in [0.1, 0.15) is 6.42 Å². The standard InChI is InChI=1S/C9H18N2O4S/c12-5-4-11(8-13)3-2-10-9-1-6-16(14,15)7-9/h8-10,12H,1-7H2/t9-/m1/s1. The molecule has 0 aromatic rings. The van der Waals surface area contributed by atoms with Crippen molar-refractivity contribution in [3.63, 3.8) is 0 Å². The first-order chi connectivity index (χ1) is 7.57. The van der Waals surface area contributed by atoms with Crippen LogP contribution in [0.4, 0.5) is 0 Å².